The maximum atomic E-state index is 13.4. The Morgan fingerprint density at radius 3 is 2.50 bits per heavy atom. The molecule has 24 heavy (non-hydrogen) atoms. The van der Waals surface area contributed by atoms with E-state index in [2.05, 4.69) is 25.1 Å². The Kier molecular flexibility index (Phi) is 4.61. The molecule has 2 aromatic carbocycles. The molecule has 4 unspecified atom stereocenters. The van der Waals surface area contributed by atoms with E-state index < -0.39 is 0 Å². The van der Waals surface area contributed by atoms with Gasteiger partial charge in [0.15, 0.2) is 0 Å². The topological polar surface area (TPSA) is 0 Å². The lowest BCUT2D eigenvalue weighted by Gasteiger charge is -2.42. The molecule has 2 fully saturated rings. The summed E-state index contributed by atoms with van der Waals surface area (Å²) in [7, 11) is 0. The van der Waals surface area contributed by atoms with Crippen LogP contribution in [0.25, 0.3) is 10.8 Å². The third-order valence-electron chi connectivity index (χ3n) is 6.72. The molecule has 2 aromatic rings. The molecule has 0 radical (unpaired) electrons. The third-order valence-corrected chi connectivity index (χ3v) is 6.72. The standard InChI is InChI=1S/C23H29F/c1-2-3-16-4-5-18-13-19(7-6-17(18)12-16)20-8-9-22-15-23(24)11-10-21(22)14-20/h8-11,14-19H,2-7,12-13H2,1H3. The molecule has 0 heterocycles. The molecule has 0 spiro atoms. The summed E-state index contributed by atoms with van der Waals surface area (Å²) in [5, 5.41) is 2.20. The van der Waals surface area contributed by atoms with Crippen molar-refractivity contribution in [3.63, 3.8) is 0 Å². The summed E-state index contributed by atoms with van der Waals surface area (Å²) in [6.45, 7) is 2.33. The van der Waals surface area contributed by atoms with Crippen molar-refractivity contribution in [3.8, 4) is 0 Å². The van der Waals surface area contributed by atoms with Crippen molar-refractivity contribution < 1.29 is 4.39 Å². The van der Waals surface area contributed by atoms with Gasteiger partial charge < -0.3 is 0 Å². The van der Waals surface area contributed by atoms with Crippen molar-refractivity contribution in [1.29, 1.82) is 0 Å². The van der Waals surface area contributed by atoms with Crippen molar-refractivity contribution in [2.45, 2.75) is 64.2 Å². The number of halogens is 1. The van der Waals surface area contributed by atoms with Gasteiger partial charge in [0.05, 0.1) is 0 Å². The fourth-order valence-corrected chi connectivity index (χ4v) is 5.45. The van der Waals surface area contributed by atoms with E-state index in [-0.39, 0.29) is 5.82 Å². The highest BCUT2D eigenvalue weighted by molar-refractivity contribution is 5.83. The largest absolute Gasteiger partial charge is 0.207 e. The molecular formula is C23H29F. The molecule has 2 aliphatic rings. The van der Waals surface area contributed by atoms with Gasteiger partial charge in [0, 0.05) is 0 Å². The molecule has 2 aliphatic carbocycles. The van der Waals surface area contributed by atoms with Crippen LogP contribution in [0.5, 0.6) is 0 Å². The fourth-order valence-electron chi connectivity index (χ4n) is 5.45. The van der Waals surface area contributed by atoms with E-state index in [1.807, 2.05) is 6.07 Å². The fraction of sp³-hybridized carbons (Fsp3) is 0.565. The molecule has 0 nitrogen and oxygen atoms in total. The number of hydrogen-bond donors (Lipinski definition) is 0. The molecule has 0 aromatic heterocycles. The first kappa shape index (κ1) is 16.1. The van der Waals surface area contributed by atoms with Crippen molar-refractivity contribution in [1.82, 2.24) is 0 Å². The van der Waals surface area contributed by atoms with Gasteiger partial charge in [-0.1, -0.05) is 50.5 Å². The highest BCUT2D eigenvalue weighted by Gasteiger charge is 2.35. The number of rotatable bonds is 3. The summed E-state index contributed by atoms with van der Waals surface area (Å²) in [4.78, 5) is 0. The molecule has 4 atom stereocenters. The van der Waals surface area contributed by atoms with E-state index in [4.69, 9.17) is 0 Å². The monoisotopic (exact) mass is 324 g/mol. The molecule has 4 rings (SSSR count). The van der Waals surface area contributed by atoms with Gasteiger partial charge in [-0.05, 0) is 84.2 Å². The van der Waals surface area contributed by atoms with Gasteiger partial charge >= 0.3 is 0 Å². The van der Waals surface area contributed by atoms with Crippen LogP contribution in [-0.4, -0.2) is 0 Å². The Hall–Kier alpha value is -1.37. The molecule has 0 bridgehead atoms. The Morgan fingerprint density at radius 2 is 1.62 bits per heavy atom. The number of benzene rings is 2. The SMILES string of the molecule is CCCC1CCC2CC(c3ccc4cc(F)ccc4c3)CCC2C1. The van der Waals surface area contributed by atoms with E-state index in [0.29, 0.717) is 5.92 Å². The zero-order chi connectivity index (χ0) is 16.5. The van der Waals surface area contributed by atoms with Crippen LogP contribution in [0.4, 0.5) is 4.39 Å². The summed E-state index contributed by atoms with van der Waals surface area (Å²) >= 11 is 0. The average Bonchev–Trinajstić information content (AvgIpc) is 2.61. The first-order valence-corrected chi connectivity index (χ1v) is 9.92. The first-order chi connectivity index (χ1) is 11.7. The quantitative estimate of drug-likeness (QED) is 0.566. The van der Waals surface area contributed by atoms with Crippen LogP contribution >= 0.6 is 0 Å². The Labute approximate surface area is 145 Å². The Morgan fingerprint density at radius 1 is 0.875 bits per heavy atom. The van der Waals surface area contributed by atoms with Gasteiger partial charge in [0.2, 0.25) is 0 Å². The van der Waals surface area contributed by atoms with Crippen molar-refractivity contribution in [2.24, 2.45) is 17.8 Å². The minimum atomic E-state index is -0.139. The second-order valence-electron chi connectivity index (χ2n) is 8.25. The minimum absolute atomic E-state index is 0.139. The Balaban J connectivity index is 1.48. The minimum Gasteiger partial charge on any atom is -0.207 e. The van der Waals surface area contributed by atoms with Crippen molar-refractivity contribution >= 4 is 10.8 Å². The van der Waals surface area contributed by atoms with Gasteiger partial charge in [-0.25, -0.2) is 4.39 Å². The third kappa shape index (κ3) is 3.23. The highest BCUT2D eigenvalue weighted by atomic mass is 19.1. The van der Waals surface area contributed by atoms with E-state index in [1.165, 1.54) is 62.3 Å². The summed E-state index contributed by atoms with van der Waals surface area (Å²) in [5.41, 5.74) is 1.48. The Bertz CT molecular complexity index is 704. The van der Waals surface area contributed by atoms with Crippen LogP contribution in [0.1, 0.15) is 69.8 Å². The summed E-state index contributed by atoms with van der Waals surface area (Å²) in [6.07, 6.45) is 11.3. The van der Waals surface area contributed by atoms with Crippen LogP contribution in [0, 0.1) is 23.6 Å². The first-order valence-electron chi connectivity index (χ1n) is 9.92. The van der Waals surface area contributed by atoms with Gasteiger partial charge in [-0.2, -0.15) is 0 Å². The van der Waals surface area contributed by atoms with Crippen LogP contribution in [0.3, 0.4) is 0 Å². The van der Waals surface area contributed by atoms with E-state index in [1.54, 1.807) is 12.1 Å². The summed E-state index contributed by atoms with van der Waals surface area (Å²) < 4.78 is 13.4. The molecule has 1 heteroatoms. The van der Waals surface area contributed by atoms with Crippen LogP contribution in [0.15, 0.2) is 36.4 Å². The van der Waals surface area contributed by atoms with Crippen LogP contribution in [0.2, 0.25) is 0 Å². The maximum Gasteiger partial charge on any atom is 0.123 e. The van der Waals surface area contributed by atoms with E-state index in [9.17, 15) is 4.39 Å². The molecular weight excluding hydrogens is 295 g/mol. The smallest absolute Gasteiger partial charge is 0.123 e. The van der Waals surface area contributed by atoms with Gasteiger partial charge in [0.25, 0.3) is 0 Å². The second kappa shape index (κ2) is 6.86. The number of fused-ring (bicyclic) bond motifs is 2. The van der Waals surface area contributed by atoms with Gasteiger partial charge in [-0.3, -0.25) is 0 Å². The molecule has 2 saturated carbocycles. The molecule has 0 amide bonds. The molecule has 0 aliphatic heterocycles. The summed E-state index contributed by atoms with van der Waals surface area (Å²) in [5.74, 6) is 3.51. The van der Waals surface area contributed by atoms with Crippen LogP contribution in [-0.2, 0) is 0 Å². The lowest BCUT2D eigenvalue weighted by molar-refractivity contribution is 0.114. The lowest BCUT2D eigenvalue weighted by Crippen LogP contribution is -2.30. The van der Waals surface area contributed by atoms with E-state index >= 15 is 0 Å². The molecule has 0 saturated heterocycles. The van der Waals surface area contributed by atoms with E-state index in [0.717, 1.165) is 23.1 Å². The number of hydrogen-bond acceptors (Lipinski definition) is 0. The summed E-state index contributed by atoms with van der Waals surface area (Å²) in [6, 6.07) is 11.8. The van der Waals surface area contributed by atoms with Crippen LogP contribution < -0.4 is 0 Å². The van der Waals surface area contributed by atoms with Crippen molar-refractivity contribution in [3.05, 3.63) is 47.8 Å². The lowest BCUT2D eigenvalue weighted by atomic mass is 9.63. The maximum absolute atomic E-state index is 13.4. The highest BCUT2D eigenvalue weighted by Crippen LogP contribution is 2.48. The molecule has 0 N–H and O–H groups in total. The van der Waals surface area contributed by atoms with Gasteiger partial charge in [-0.15, -0.1) is 0 Å². The van der Waals surface area contributed by atoms with Crippen molar-refractivity contribution in [2.75, 3.05) is 0 Å². The van der Waals surface area contributed by atoms with Gasteiger partial charge in [0.1, 0.15) is 5.82 Å². The zero-order valence-corrected chi connectivity index (χ0v) is 14.8. The average molecular weight is 324 g/mol. The predicted octanol–water partition coefficient (Wildman–Crippen LogP) is 7.08. The predicted molar refractivity (Wildman–Crippen MR) is 99.7 cm³/mol. The normalized spacial score (nSPS) is 30.2. The molecule has 128 valence electrons. The zero-order valence-electron chi connectivity index (χ0n) is 14.8. The second-order valence-corrected chi connectivity index (χ2v) is 8.25.